The predicted octanol–water partition coefficient (Wildman–Crippen LogP) is 5.30. The van der Waals surface area contributed by atoms with E-state index in [1.54, 1.807) is 0 Å². The summed E-state index contributed by atoms with van der Waals surface area (Å²) in [6.07, 6.45) is 0.436. The van der Waals surface area contributed by atoms with E-state index in [-0.39, 0.29) is 12.0 Å². The molecule has 0 saturated heterocycles. The van der Waals surface area contributed by atoms with Crippen LogP contribution in [0.3, 0.4) is 0 Å². The molecular weight excluding hydrogens is 480 g/mol. The summed E-state index contributed by atoms with van der Waals surface area (Å²) in [5, 5.41) is 9.90. The first-order valence-electron chi connectivity index (χ1n) is 7.22. The Bertz CT molecular complexity index is 455. The summed E-state index contributed by atoms with van der Waals surface area (Å²) >= 11 is 10.5. The van der Waals surface area contributed by atoms with Gasteiger partial charge in [0, 0.05) is 19.0 Å². The Labute approximate surface area is 158 Å². The Balaban J connectivity index is 2.32. The third-order valence-corrected chi connectivity index (χ3v) is 5.30. The summed E-state index contributed by atoms with van der Waals surface area (Å²) in [6, 6.07) is 3.94. The van der Waals surface area contributed by atoms with Crippen LogP contribution in [0.25, 0.3) is 0 Å². The Hall–Kier alpha value is 0.540. The van der Waals surface area contributed by atoms with Gasteiger partial charge >= 0.3 is 0 Å². The average Bonchev–Trinajstić information content (AvgIpc) is 2.41. The monoisotopic (exact) mass is 500 g/mol. The summed E-state index contributed by atoms with van der Waals surface area (Å²) in [5.74, 6) is 0. The van der Waals surface area contributed by atoms with Gasteiger partial charge in [0.15, 0.2) is 0 Å². The number of aliphatic hydroxyl groups excluding tert-OH is 1. The fraction of sp³-hybridized carbons (Fsp3) is 0.625. The minimum absolute atomic E-state index is 0.147. The van der Waals surface area contributed by atoms with Crippen LogP contribution in [0.15, 0.2) is 25.6 Å². The summed E-state index contributed by atoms with van der Waals surface area (Å²) in [5.41, 5.74) is 1.16. The summed E-state index contributed by atoms with van der Waals surface area (Å²) in [6.45, 7) is 8.05. The van der Waals surface area contributed by atoms with Gasteiger partial charge in [-0.15, -0.1) is 0 Å². The van der Waals surface area contributed by atoms with Gasteiger partial charge in [-0.05, 0) is 24.0 Å². The molecule has 0 fully saturated rings. The minimum atomic E-state index is -0.611. The Morgan fingerprint density at radius 1 is 1.09 bits per heavy atom. The molecule has 0 saturated carbocycles. The summed E-state index contributed by atoms with van der Waals surface area (Å²) in [7, 11) is 0. The number of benzene rings is 1. The second kappa shape index (κ2) is 9.74. The molecule has 3 nitrogen and oxygen atoms in total. The quantitative estimate of drug-likeness (QED) is 0.497. The molecule has 1 rings (SSSR count). The topological polar surface area (TPSA) is 38.7 Å². The maximum absolute atomic E-state index is 9.90. The largest absolute Gasteiger partial charge is 0.388 e. The molecule has 1 aromatic carbocycles. The molecule has 1 aromatic rings. The van der Waals surface area contributed by atoms with Crippen molar-refractivity contribution < 1.29 is 14.6 Å². The average molecular weight is 503 g/mol. The molecule has 1 unspecified atom stereocenters. The van der Waals surface area contributed by atoms with E-state index in [1.807, 2.05) is 12.1 Å². The smallest absolute Gasteiger partial charge is 0.101 e. The number of ether oxygens (including phenoxy) is 2. The second-order valence-corrected chi connectivity index (χ2v) is 8.67. The molecule has 0 aliphatic rings. The van der Waals surface area contributed by atoms with Crippen molar-refractivity contribution >= 4 is 47.8 Å². The maximum Gasteiger partial charge on any atom is 0.101 e. The molecule has 126 valence electrons. The van der Waals surface area contributed by atoms with Gasteiger partial charge in [-0.2, -0.15) is 0 Å². The molecule has 0 aromatic heterocycles. The normalized spacial score (nSPS) is 13.4. The van der Waals surface area contributed by atoms with Gasteiger partial charge in [-0.25, -0.2) is 0 Å². The number of hydrogen-bond acceptors (Lipinski definition) is 3. The molecule has 0 amide bonds. The molecule has 6 heteroatoms. The van der Waals surface area contributed by atoms with Crippen molar-refractivity contribution in [3.63, 3.8) is 0 Å². The number of halogens is 3. The van der Waals surface area contributed by atoms with Crippen molar-refractivity contribution in [3.8, 4) is 0 Å². The van der Waals surface area contributed by atoms with E-state index in [0.29, 0.717) is 19.8 Å². The van der Waals surface area contributed by atoms with Crippen LogP contribution in [0.5, 0.6) is 0 Å². The minimum Gasteiger partial charge on any atom is -0.388 e. The van der Waals surface area contributed by atoms with Crippen LogP contribution < -0.4 is 0 Å². The van der Waals surface area contributed by atoms with Crippen molar-refractivity contribution in [2.75, 3.05) is 19.8 Å². The van der Waals surface area contributed by atoms with Gasteiger partial charge in [-0.3, -0.25) is 0 Å². The lowest BCUT2D eigenvalue weighted by Gasteiger charge is -2.23. The SMILES string of the molecule is CCC(C)(C)COCC(O)COCc1c(Br)cc(Br)cc1Br. The number of aliphatic hydroxyl groups is 1. The zero-order valence-electron chi connectivity index (χ0n) is 13.2. The lowest BCUT2D eigenvalue weighted by molar-refractivity contribution is -0.0397. The van der Waals surface area contributed by atoms with Crippen LogP contribution in [0.1, 0.15) is 32.8 Å². The highest BCUT2D eigenvalue weighted by Crippen LogP contribution is 2.30. The van der Waals surface area contributed by atoms with Crippen molar-refractivity contribution in [2.45, 2.75) is 39.9 Å². The second-order valence-electron chi connectivity index (χ2n) is 6.05. The highest BCUT2D eigenvalue weighted by atomic mass is 79.9. The number of rotatable bonds is 9. The molecule has 0 aliphatic heterocycles. The van der Waals surface area contributed by atoms with Crippen LogP contribution in [-0.2, 0) is 16.1 Å². The summed E-state index contributed by atoms with van der Waals surface area (Å²) < 4.78 is 14.1. The number of hydrogen-bond donors (Lipinski definition) is 1. The van der Waals surface area contributed by atoms with Crippen molar-refractivity contribution in [3.05, 3.63) is 31.1 Å². The molecule has 0 bridgehead atoms. The highest BCUT2D eigenvalue weighted by Gasteiger charge is 2.16. The molecule has 0 radical (unpaired) electrons. The lowest BCUT2D eigenvalue weighted by Crippen LogP contribution is -2.26. The first-order chi connectivity index (χ1) is 10.2. The van der Waals surface area contributed by atoms with Crippen LogP contribution >= 0.6 is 47.8 Å². The molecular formula is C16H23Br3O3. The van der Waals surface area contributed by atoms with Gasteiger partial charge in [0.1, 0.15) is 6.10 Å². The summed E-state index contributed by atoms with van der Waals surface area (Å²) in [4.78, 5) is 0. The van der Waals surface area contributed by atoms with Gasteiger partial charge in [0.05, 0.1) is 26.4 Å². The van der Waals surface area contributed by atoms with E-state index >= 15 is 0 Å². The van der Waals surface area contributed by atoms with E-state index in [0.717, 1.165) is 25.4 Å². The first-order valence-corrected chi connectivity index (χ1v) is 9.60. The van der Waals surface area contributed by atoms with Gasteiger partial charge in [-0.1, -0.05) is 68.6 Å². The van der Waals surface area contributed by atoms with Crippen LogP contribution in [-0.4, -0.2) is 31.0 Å². The molecule has 22 heavy (non-hydrogen) atoms. The van der Waals surface area contributed by atoms with E-state index in [4.69, 9.17) is 9.47 Å². The molecule has 0 aliphatic carbocycles. The third-order valence-electron chi connectivity index (χ3n) is 3.42. The Morgan fingerprint density at radius 2 is 1.64 bits per heavy atom. The predicted molar refractivity (Wildman–Crippen MR) is 100 cm³/mol. The lowest BCUT2D eigenvalue weighted by atomic mass is 9.92. The third kappa shape index (κ3) is 7.41. The van der Waals surface area contributed by atoms with Crippen molar-refractivity contribution in [1.29, 1.82) is 0 Å². The molecule has 1 N–H and O–H groups in total. The Morgan fingerprint density at radius 3 is 2.18 bits per heavy atom. The first kappa shape index (κ1) is 20.6. The molecule has 1 atom stereocenters. The van der Waals surface area contributed by atoms with Crippen molar-refractivity contribution in [1.82, 2.24) is 0 Å². The van der Waals surface area contributed by atoms with Gasteiger partial charge < -0.3 is 14.6 Å². The van der Waals surface area contributed by atoms with Crippen LogP contribution in [0, 0.1) is 5.41 Å². The highest BCUT2D eigenvalue weighted by molar-refractivity contribution is 9.11. The fourth-order valence-corrected chi connectivity index (χ4v) is 4.12. The van der Waals surface area contributed by atoms with E-state index in [9.17, 15) is 5.11 Å². The van der Waals surface area contributed by atoms with E-state index in [2.05, 4.69) is 68.6 Å². The van der Waals surface area contributed by atoms with Crippen LogP contribution in [0.4, 0.5) is 0 Å². The van der Waals surface area contributed by atoms with Gasteiger partial charge in [0.2, 0.25) is 0 Å². The van der Waals surface area contributed by atoms with Crippen molar-refractivity contribution in [2.24, 2.45) is 5.41 Å². The molecule has 0 spiro atoms. The zero-order valence-corrected chi connectivity index (χ0v) is 17.9. The van der Waals surface area contributed by atoms with E-state index in [1.165, 1.54) is 0 Å². The van der Waals surface area contributed by atoms with Gasteiger partial charge in [0.25, 0.3) is 0 Å². The Kier molecular flexibility index (Phi) is 9.12. The van der Waals surface area contributed by atoms with Crippen LogP contribution in [0.2, 0.25) is 0 Å². The van der Waals surface area contributed by atoms with E-state index < -0.39 is 6.10 Å². The molecule has 0 heterocycles. The standard InChI is InChI=1S/C16H23Br3O3/c1-4-16(2,3)10-22-8-12(20)7-21-9-13-14(18)5-11(17)6-15(13)19/h5-6,12,20H,4,7-10H2,1-3H3. The fourth-order valence-electron chi connectivity index (χ4n) is 1.63. The zero-order chi connectivity index (χ0) is 16.8. The maximum atomic E-state index is 9.90.